The summed E-state index contributed by atoms with van der Waals surface area (Å²) in [6.07, 6.45) is -7.55. The van der Waals surface area contributed by atoms with Crippen molar-refractivity contribution in [2.24, 2.45) is 0 Å². The van der Waals surface area contributed by atoms with Crippen LogP contribution in [0.3, 0.4) is 0 Å². The van der Waals surface area contributed by atoms with Gasteiger partial charge in [-0.2, -0.15) is 31.3 Å². The van der Waals surface area contributed by atoms with Gasteiger partial charge in [0, 0.05) is 6.54 Å². The first-order valence-electron chi connectivity index (χ1n) is 9.03. The van der Waals surface area contributed by atoms with Crippen molar-refractivity contribution in [1.29, 1.82) is 0 Å². The molecule has 1 heterocycles. The van der Waals surface area contributed by atoms with Gasteiger partial charge < -0.3 is 4.52 Å². The Balaban J connectivity index is 1.73. The van der Waals surface area contributed by atoms with Crippen molar-refractivity contribution in [2.45, 2.75) is 25.4 Å². The average Bonchev–Trinajstić information content (AvgIpc) is 3.12. The maximum atomic E-state index is 12.9. The molecule has 3 rings (SSSR count). The van der Waals surface area contributed by atoms with Gasteiger partial charge in [0.1, 0.15) is 0 Å². The van der Waals surface area contributed by atoms with Crippen LogP contribution in [0.5, 0.6) is 0 Å². The predicted octanol–water partition coefficient (Wildman–Crippen LogP) is 5.91. The molecule has 31 heavy (non-hydrogen) atoms. The smallest absolute Gasteiger partial charge is 0.338 e. The van der Waals surface area contributed by atoms with Crippen molar-refractivity contribution in [2.75, 3.05) is 7.05 Å². The number of hydrogen-bond acceptors (Lipinski definition) is 4. The van der Waals surface area contributed by atoms with Crippen molar-refractivity contribution in [3.05, 3.63) is 82.5 Å². The number of rotatable bonds is 6. The number of nitrogens with zero attached hydrogens (tertiary/aromatic N) is 3. The molecule has 0 spiro atoms. The van der Waals surface area contributed by atoms with Crippen LogP contribution in [0.1, 0.15) is 34.0 Å². The lowest BCUT2D eigenvalue weighted by atomic mass is 10.0. The summed E-state index contributed by atoms with van der Waals surface area (Å²) in [6, 6.07) is 11.0. The van der Waals surface area contributed by atoms with Gasteiger partial charge in [-0.1, -0.05) is 41.6 Å². The fourth-order valence-corrected chi connectivity index (χ4v) is 2.83. The quantitative estimate of drug-likeness (QED) is 0.446. The molecular formula is C21H17F6N3O. The molecule has 0 amide bonds. The number of hydrogen-bond donors (Lipinski definition) is 0. The molecule has 2 aromatic carbocycles. The minimum atomic E-state index is -4.91. The molecule has 0 aliphatic heterocycles. The monoisotopic (exact) mass is 441 g/mol. The Bertz CT molecular complexity index is 1010. The Kier molecular flexibility index (Phi) is 6.49. The predicted molar refractivity (Wildman–Crippen MR) is 101 cm³/mol. The standard InChI is InChI=1S/C21H17F6N3O/c1-30(12-14-5-3-2-4-6-14)13-19-28-18(29-31-19)8-7-15-9-16(20(22,23)24)11-17(10-15)21(25,26)27/h2-11H,12-13H2,1H3. The van der Waals surface area contributed by atoms with E-state index in [0.29, 0.717) is 25.2 Å². The largest absolute Gasteiger partial charge is 0.416 e. The first kappa shape index (κ1) is 22.5. The highest BCUT2D eigenvalue weighted by Crippen LogP contribution is 2.36. The highest BCUT2D eigenvalue weighted by atomic mass is 19.4. The Morgan fingerprint density at radius 2 is 1.48 bits per heavy atom. The molecule has 0 bridgehead atoms. The van der Waals surface area contributed by atoms with Crippen molar-refractivity contribution >= 4 is 12.2 Å². The van der Waals surface area contributed by atoms with Crippen LogP contribution in [-0.2, 0) is 25.4 Å². The second-order valence-corrected chi connectivity index (χ2v) is 6.88. The Labute approximate surface area is 173 Å². The molecule has 164 valence electrons. The van der Waals surface area contributed by atoms with E-state index < -0.39 is 23.5 Å². The van der Waals surface area contributed by atoms with Crippen molar-refractivity contribution < 1.29 is 30.9 Å². The van der Waals surface area contributed by atoms with Crippen LogP contribution in [0.2, 0.25) is 0 Å². The number of benzene rings is 2. The van der Waals surface area contributed by atoms with Crippen LogP contribution < -0.4 is 0 Å². The SMILES string of the molecule is CN(Cc1ccccc1)Cc1nc(C=Cc2cc(C(F)(F)F)cc(C(F)(F)F)c2)no1. The molecule has 0 fully saturated rings. The Morgan fingerprint density at radius 3 is 2.06 bits per heavy atom. The van der Waals surface area contributed by atoms with Gasteiger partial charge in [0.25, 0.3) is 0 Å². The van der Waals surface area contributed by atoms with Crippen molar-refractivity contribution in [3.8, 4) is 0 Å². The van der Waals surface area contributed by atoms with E-state index in [1.54, 1.807) is 0 Å². The van der Waals surface area contributed by atoms with Gasteiger partial charge in [0.2, 0.25) is 5.89 Å². The normalized spacial score (nSPS) is 12.8. The van der Waals surface area contributed by atoms with Gasteiger partial charge in [0.05, 0.1) is 17.7 Å². The summed E-state index contributed by atoms with van der Waals surface area (Å²) in [5.41, 5.74) is -1.99. The van der Waals surface area contributed by atoms with E-state index in [1.807, 2.05) is 42.3 Å². The molecule has 0 atom stereocenters. The zero-order valence-corrected chi connectivity index (χ0v) is 16.2. The number of halogens is 6. The van der Waals surface area contributed by atoms with Gasteiger partial charge in [-0.3, -0.25) is 4.90 Å². The fourth-order valence-electron chi connectivity index (χ4n) is 2.83. The van der Waals surface area contributed by atoms with Crippen molar-refractivity contribution in [3.63, 3.8) is 0 Å². The molecule has 0 saturated heterocycles. The van der Waals surface area contributed by atoms with Gasteiger partial charge in [-0.05, 0) is 42.4 Å². The summed E-state index contributed by atoms with van der Waals surface area (Å²) in [4.78, 5) is 6.01. The third kappa shape index (κ3) is 6.42. The second-order valence-electron chi connectivity index (χ2n) is 6.88. The molecule has 0 aliphatic carbocycles. The van der Waals surface area contributed by atoms with E-state index in [2.05, 4.69) is 10.1 Å². The molecule has 0 unspecified atom stereocenters. The molecule has 0 radical (unpaired) electrons. The highest BCUT2D eigenvalue weighted by molar-refractivity contribution is 5.67. The molecule has 1 aromatic heterocycles. The number of aromatic nitrogens is 2. The van der Waals surface area contributed by atoms with E-state index in [0.717, 1.165) is 11.6 Å². The van der Waals surface area contributed by atoms with E-state index >= 15 is 0 Å². The lowest BCUT2D eigenvalue weighted by Gasteiger charge is -2.13. The summed E-state index contributed by atoms with van der Waals surface area (Å²) in [5, 5.41) is 3.69. The Hall–Kier alpha value is -3.14. The summed E-state index contributed by atoms with van der Waals surface area (Å²) < 4.78 is 82.8. The first-order chi connectivity index (χ1) is 14.5. The van der Waals surface area contributed by atoms with Gasteiger partial charge in [-0.15, -0.1) is 0 Å². The molecule has 3 aromatic rings. The summed E-state index contributed by atoms with van der Waals surface area (Å²) in [7, 11) is 1.84. The molecule has 4 nitrogen and oxygen atoms in total. The van der Waals surface area contributed by atoms with Gasteiger partial charge >= 0.3 is 12.4 Å². The van der Waals surface area contributed by atoms with Crippen LogP contribution in [0.15, 0.2) is 53.1 Å². The third-order valence-corrected chi connectivity index (χ3v) is 4.22. The van der Waals surface area contributed by atoms with Gasteiger partial charge in [-0.25, -0.2) is 0 Å². The van der Waals surface area contributed by atoms with Crippen LogP contribution in [0.4, 0.5) is 26.3 Å². The summed E-state index contributed by atoms with van der Waals surface area (Å²) in [6.45, 7) is 0.941. The summed E-state index contributed by atoms with van der Waals surface area (Å²) in [5.74, 6) is 0.298. The van der Waals surface area contributed by atoms with Crippen LogP contribution in [-0.4, -0.2) is 22.1 Å². The second kappa shape index (κ2) is 8.93. The Morgan fingerprint density at radius 1 is 0.871 bits per heavy atom. The fraction of sp³-hybridized carbons (Fsp3) is 0.238. The molecule has 0 aliphatic rings. The maximum absolute atomic E-state index is 12.9. The van der Waals surface area contributed by atoms with Crippen LogP contribution in [0, 0.1) is 0 Å². The van der Waals surface area contributed by atoms with Crippen LogP contribution >= 0.6 is 0 Å². The van der Waals surface area contributed by atoms with E-state index in [4.69, 9.17) is 4.52 Å². The average molecular weight is 441 g/mol. The lowest BCUT2D eigenvalue weighted by molar-refractivity contribution is -0.143. The molecule has 10 heteroatoms. The molecule has 0 N–H and O–H groups in total. The molecular weight excluding hydrogens is 424 g/mol. The first-order valence-corrected chi connectivity index (χ1v) is 9.03. The summed E-state index contributed by atoms with van der Waals surface area (Å²) >= 11 is 0. The van der Waals surface area contributed by atoms with Crippen LogP contribution in [0.25, 0.3) is 12.2 Å². The van der Waals surface area contributed by atoms with E-state index in [-0.39, 0.29) is 23.3 Å². The zero-order valence-electron chi connectivity index (χ0n) is 16.2. The van der Waals surface area contributed by atoms with Crippen molar-refractivity contribution in [1.82, 2.24) is 15.0 Å². The minimum absolute atomic E-state index is 0.0362. The third-order valence-electron chi connectivity index (χ3n) is 4.22. The minimum Gasteiger partial charge on any atom is -0.338 e. The maximum Gasteiger partial charge on any atom is 0.416 e. The number of alkyl halides is 6. The van der Waals surface area contributed by atoms with E-state index in [1.165, 1.54) is 6.08 Å². The molecule has 0 saturated carbocycles. The van der Waals surface area contributed by atoms with Gasteiger partial charge in [0.15, 0.2) is 5.82 Å². The highest BCUT2D eigenvalue weighted by Gasteiger charge is 2.36. The zero-order chi connectivity index (χ0) is 22.6. The lowest BCUT2D eigenvalue weighted by Crippen LogP contribution is -2.17. The van der Waals surface area contributed by atoms with E-state index in [9.17, 15) is 26.3 Å². The topological polar surface area (TPSA) is 42.2 Å².